The van der Waals surface area contributed by atoms with Gasteiger partial charge in [0.05, 0.1) is 19.3 Å². The molecule has 2 N–H and O–H groups in total. The number of aliphatic hydroxyl groups excluding tert-OH is 1. The van der Waals surface area contributed by atoms with Gasteiger partial charge >= 0.3 is 0 Å². The monoisotopic (exact) mass is 370 g/mol. The van der Waals surface area contributed by atoms with E-state index < -0.39 is 12.1 Å². The maximum absolute atomic E-state index is 13.3. The van der Waals surface area contributed by atoms with Gasteiger partial charge in [0.1, 0.15) is 6.10 Å². The largest absolute Gasteiger partial charge is 0.394 e. The number of amides is 1. The van der Waals surface area contributed by atoms with Crippen LogP contribution in [0.3, 0.4) is 0 Å². The van der Waals surface area contributed by atoms with Crippen LogP contribution in [-0.4, -0.2) is 46.8 Å². The number of nitrogens with one attached hydrogen (secondary N) is 1. The first-order valence-electron chi connectivity index (χ1n) is 8.54. The van der Waals surface area contributed by atoms with Crippen LogP contribution in [0, 0.1) is 0 Å². The molecule has 134 valence electrons. The second kappa shape index (κ2) is 7.11. The molecule has 0 radical (unpaired) electrons. The summed E-state index contributed by atoms with van der Waals surface area (Å²) < 4.78 is 5.71. The van der Waals surface area contributed by atoms with Crippen molar-refractivity contribution in [3.63, 3.8) is 0 Å². The van der Waals surface area contributed by atoms with Crippen LogP contribution in [-0.2, 0) is 4.74 Å². The average molecular weight is 371 g/mol. The van der Waals surface area contributed by atoms with Gasteiger partial charge in [-0.25, -0.2) is 0 Å². The summed E-state index contributed by atoms with van der Waals surface area (Å²) in [6.45, 7) is 0.631. The number of hydrogen-bond donors (Lipinski definition) is 2. The molecule has 0 aliphatic carbocycles. The van der Waals surface area contributed by atoms with Crippen LogP contribution in [0.4, 0.5) is 0 Å². The van der Waals surface area contributed by atoms with Crippen LogP contribution in [0.2, 0.25) is 5.02 Å². The predicted molar refractivity (Wildman–Crippen MR) is 100 cm³/mol. The third-order valence-electron chi connectivity index (χ3n) is 4.82. The maximum Gasteiger partial charge on any atom is 0.254 e. The Morgan fingerprint density at radius 2 is 2.12 bits per heavy atom. The van der Waals surface area contributed by atoms with E-state index in [1.165, 1.54) is 0 Å². The molecule has 1 amide bonds. The summed E-state index contributed by atoms with van der Waals surface area (Å²) in [5.41, 5.74) is 2.29. The molecule has 6 heteroatoms. The van der Waals surface area contributed by atoms with Gasteiger partial charge in [-0.2, -0.15) is 0 Å². The van der Waals surface area contributed by atoms with Crippen molar-refractivity contribution in [2.45, 2.75) is 12.1 Å². The Labute approximate surface area is 156 Å². The lowest BCUT2D eigenvalue weighted by Crippen LogP contribution is -2.49. The number of H-pyrrole nitrogens is 1. The minimum absolute atomic E-state index is 0.104. The lowest BCUT2D eigenvalue weighted by atomic mass is 9.97. The number of aromatic amines is 1. The lowest BCUT2D eigenvalue weighted by Gasteiger charge is -2.41. The highest BCUT2D eigenvalue weighted by Crippen LogP contribution is 2.35. The normalized spacial score (nSPS) is 20.5. The fraction of sp³-hybridized carbons (Fsp3) is 0.250. The molecule has 1 fully saturated rings. The molecule has 0 unspecified atom stereocenters. The maximum atomic E-state index is 13.3. The van der Waals surface area contributed by atoms with E-state index in [4.69, 9.17) is 16.3 Å². The Bertz CT molecular complexity index is 939. The fourth-order valence-corrected chi connectivity index (χ4v) is 3.79. The molecule has 2 heterocycles. The third-order valence-corrected chi connectivity index (χ3v) is 5.16. The molecule has 5 nitrogen and oxygen atoms in total. The summed E-state index contributed by atoms with van der Waals surface area (Å²) in [4.78, 5) is 18.1. The van der Waals surface area contributed by atoms with E-state index in [0.717, 1.165) is 16.5 Å². The molecule has 0 saturated carbocycles. The summed E-state index contributed by atoms with van der Waals surface area (Å²) in [6, 6.07) is 14.5. The van der Waals surface area contributed by atoms with Crippen molar-refractivity contribution in [1.29, 1.82) is 0 Å². The van der Waals surface area contributed by atoms with Gasteiger partial charge in [0.15, 0.2) is 0 Å². The lowest BCUT2D eigenvalue weighted by molar-refractivity contribution is -0.0811. The third kappa shape index (κ3) is 2.98. The van der Waals surface area contributed by atoms with Crippen LogP contribution in [0.15, 0.2) is 54.7 Å². The smallest absolute Gasteiger partial charge is 0.254 e. The SMILES string of the molecule is O=C(c1ccc2cc[nH]c2c1)N1CCO[C@@H](CO)[C@@H]1c1ccccc1Cl. The average Bonchev–Trinajstić information content (AvgIpc) is 3.15. The highest BCUT2D eigenvalue weighted by Gasteiger charge is 2.37. The summed E-state index contributed by atoms with van der Waals surface area (Å²) in [5.74, 6) is -0.104. The fourth-order valence-electron chi connectivity index (χ4n) is 3.54. The van der Waals surface area contributed by atoms with Crippen molar-refractivity contribution in [3.05, 3.63) is 70.9 Å². The number of nitrogens with zero attached hydrogens (tertiary/aromatic N) is 1. The second-order valence-corrected chi connectivity index (χ2v) is 6.74. The van der Waals surface area contributed by atoms with Gasteiger partial charge in [0.25, 0.3) is 5.91 Å². The van der Waals surface area contributed by atoms with E-state index >= 15 is 0 Å². The number of morpholine rings is 1. The Morgan fingerprint density at radius 1 is 1.27 bits per heavy atom. The molecule has 2 atom stereocenters. The minimum Gasteiger partial charge on any atom is -0.394 e. The predicted octanol–water partition coefficient (Wildman–Crippen LogP) is 3.40. The molecule has 2 aromatic carbocycles. The zero-order chi connectivity index (χ0) is 18.1. The summed E-state index contributed by atoms with van der Waals surface area (Å²) >= 11 is 6.38. The van der Waals surface area contributed by atoms with Crippen molar-refractivity contribution in [2.75, 3.05) is 19.8 Å². The number of hydrogen-bond acceptors (Lipinski definition) is 3. The van der Waals surface area contributed by atoms with Gasteiger partial charge in [-0.05, 0) is 35.2 Å². The van der Waals surface area contributed by atoms with E-state index in [2.05, 4.69) is 4.98 Å². The second-order valence-electron chi connectivity index (χ2n) is 6.34. The minimum atomic E-state index is -0.512. The van der Waals surface area contributed by atoms with Crippen LogP contribution >= 0.6 is 11.6 Å². The molecule has 0 spiro atoms. The van der Waals surface area contributed by atoms with Gasteiger partial charge in [-0.15, -0.1) is 0 Å². The number of aliphatic hydroxyl groups is 1. The Kier molecular flexibility index (Phi) is 4.68. The molecule has 1 aliphatic rings. The van der Waals surface area contributed by atoms with E-state index in [-0.39, 0.29) is 12.5 Å². The first kappa shape index (κ1) is 17.1. The molecule has 3 aromatic rings. The number of carbonyl (C=O) groups is 1. The van der Waals surface area contributed by atoms with E-state index in [1.807, 2.05) is 48.7 Å². The summed E-state index contributed by atoms with van der Waals surface area (Å²) in [5, 5.41) is 11.4. The summed E-state index contributed by atoms with van der Waals surface area (Å²) in [7, 11) is 0. The number of fused-ring (bicyclic) bond motifs is 1. The van der Waals surface area contributed by atoms with Crippen LogP contribution in [0.25, 0.3) is 10.9 Å². The Balaban J connectivity index is 1.74. The quantitative estimate of drug-likeness (QED) is 0.742. The first-order chi connectivity index (χ1) is 12.7. The Morgan fingerprint density at radius 3 is 2.92 bits per heavy atom. The highest BCUT2D eigenvalue weighted by atomic mass is 35.5. The van der Waals surface area contributed by atoms with Gasteiger partial charge in [0, 0.05) is 28.8 Å². The van der Waals surface area contributed by atoms with Crippen molar-refractivity contribution < 1.29 is 14.6 Å². The topological polar surface area (TPSA) is 65.6 Å². The number of ether oxygens (including phenoxy) is 1. The van der Waals surface area contributed by atoms with Crippen molar-refractivity contribution >= 4 is 28.4 Å². The summed E-state index contributed by atoms with van der Waals surface area (Å²) in [6.07, 6.45) is 1.34. The van der Waals surface area contributed by atoms with Crippen molar-refractivity contribution in [3.8, 4) is 0 Å². The van der Waals surface area contributed by atoms with Gasteiger partial charge in [-0.3, -0.25) is 4.79 Å². The standard InChI is InChI=1S/C20H19ClN2O3/c21-16-4-2-1-3-15(16)19-18(12-24)26-10-9-23(19)20(25)14-6-5-13-7-8-22-17(13)11-14/h1-8,11,18-19,22,24H,9-10,12H2/t18-,19-/m0/s1. The number of benzene rings is 2. The van der Waals surface area contributed by atoms with Crippen molar-refractivity contribution in [1.82, 2.24) is 9.88 Å². The molecule has 0 bridgehead atoms. The number of carbonyl (C=O) groups excluding carboxylic acids is 1. The number of aromatic nitrogens is 1. The number of rotatable bonds is 3. The molecule has 1 aliphatic heterocycles. The molecule has 1 saturated heterocycles. The van der Waals surface area contributed by atoms with Gasteiger partial charge < -0.3 is 19.7 Å². The zero-order valence-corrected chi connectivity index (χ0v) is 14.8. The van der Waals surface area contributed by atoms with E-state index in [0.29, 0.717) is 23.7 Å². The zero-order valence-electron chi connectivity index (χ0n) is 14.1. The van der Waals surface area contributed by atoms with E-state index in [1.54, 1.807) is 11.0 Å². The molecular formula is C20H19ClN2O3. The molecular weight excluding hydrogens is 352 g/mol. The highest BCUT2D eigenvalue weighted by molar-refractivity contribution is 6.31. The molecule has 4 rings (SSSR count). The Hall–Kier alpha value is -2.34. The van der Waals surface area contributed by atoms with Gasteiger partial charge in [-0.1, -0.05) is 35.9 Å². The first-order valence-corrected chi connectivity index (χ1v) is 8.92. The molecule has 26 heavy (non-hydrogen) atoms. The van der Waals surface area contributed by atoms with Gasteiger partial charge in [0.2, 0.25) is 0 Å². The van der Waals surface area contributed by atoms with Crippen molar-refractivity contribution in [2.24, 2.45) is 0 Å². The van der Waals surface area contributed by atoms with Crippen LogP contribution in [0.1, 0.15) is 22.0 Å². The number of halogens is 1. The van der Waals surface area contributed by atoms with Crippen LogP contribution < -0.4 is 0 Å². The van der Waals surface area contributed by atoms with Crippen LogP contribution in [0.5, 0.6) is 0 Å². The molecule has 1 aromatic heterocycles. The van der Waals surface area contributed by atoms with E-state index in [9.17, 15) is 9.90 Å².